The van der Waals surface area contributed by atoms with E-state index in [1.807, 2.05) is 25.1 Å². The van der Waals surface area contributed by atoms with Crippen LogP contribution in [-0.4, -0.2) is 5.91 Å². The number of halogens is 1. The Morgan fingerprint density at radius 1 is 1.10 bits per heavy atom. The number of hydrogen-bond donors (Lipinski definition) is 1. The summed E-state index contributed by atoms with van der Waals surface area (Å²) in [5.74, 6) is 0.0155. The maximum atomic E-state index is 12.1. The first kappa shape index (κ1) is 12.8. The second kappa shape index (κ2) is 5.02. The van der Waals surface area contributed by atoms with E-state index in [4.69, 9.17) is 16.0 Å². The zero-order valence-electron chi connectivity index (χ0n) is 10.8. The number of rotatable bonds is 2. The van der Waals surface area contributed by atoms with Gasteiger partial charge in [-0.05, 0) is 48.9 Å². The van der Waals surface area contributed by atoms with E-state index in [0.29, 0.717) is 22.1 Å². The monoisotopic (exact) mass is 285 g/mol. The third-order valence-corrected chi connectivity index (χ3v) is 3.25. The van der Waals surface area contributed by atoms with E-state index < -0.39 is 0 Å². The number of anilines is 1. The highest BCUT2D eigenvalue weighted by atomic mass is 35.5. The molecule has 0 atom stereocenters. The van der Waals surface area contributed by atoms with Gasteiger partial charge >= 0.3 is 0 Å². The smallest absolute Gasteiger partial charge is 0.291 e. The Morgan fingerprint density at radius 3 is 2.60 bits per heavy atom. The molecule has 3 nitrogen and oxygen atoms in total. The quantitative estimate of drug-likeness (QED) is 0.745. The number of hydrogen-bond acceptors (Lipinski definition) is 2. The number of fused-ring (bicyclic) bond motifs is 1. The molecule has 0 fully saturated rings. The lowest BCUT2D eigenvalue weighted by atomic mass is 10.2. The first-order valence-electron chi connectivity index (χ1n) is 6.19. The number of nitrogens with one attached hydrogen (secondary N) is 1. The van der Waals surface area contributed by atoms with Crippen LogP contribution in [0.3, 0.4) is 0 Å². The van der Waals surface area contributed by atoms with E-state index in [1.54, 1.807) is 30.3 Å². The summed E-state index contributed by atoms with van der Waals surface area (Å²) in [7, 11) is 0. The summed E-state index contributed by atoms with van der Waals surface area (Å²) in [6.07, 6.45) is 0. The van der Waals surface area contributed by atoms with E-state index in [-0.39, 0.29) is 5.91 Å². The second-order valence-corrected chi connectivity index (χ2v) is 5.05. The molecular weight excluding hydrogens is 274 g/mol. The molecule has 1 amide bonds. The molecule has 0 aliphatic carbocycles. The van der Waals surface area contributed by atoms with Crippen molar-refractivity contribution in [1.29, 1.82) is 0 Å². The molecule has 1 heterocycles. The molecule has 2 aromatic carbocycles. The van der Waals surface area contributed by atoms with Crippen molar-refractivity contribution in [2.24, 2.45) is 0 Å². The van der Waals surface area contributed by atoms with Crippen LogP contribution in [0.15, 0.2) is 52.9 Å². The fraction of sp³-hybridized carbons (Fsp3) is 0.0625. The van der Waals surface area contributed by atoms with Crippen molar-refractivity contribution >= 4 is 34.2 Å². The van der Waals surface area contributed by atoms with E-state index in [2.05, 4.69) is 5.32 Å². The van der Waals surface area contributed by atoms with Crippen molar-refractivity contribution in [2.75, 3.05) is 5.32 Å². The fourth-order valence-corrected chi connectivity index (χ4v) is 2.10. The summed E-state index contributed by atoms with van der Waals surface area (Å²) in [6.45, 7) is 1.98. The Bertz CT molecular complexity index is 775. The van der Waals surface area contributed by atoms with Crippen LogP contribution in [0.2, 0.25) is 5.02 Å². The Morgan fingerprint density at radius 2 is 1.85 bits per heavy atom. The van der Waals surface area contributed by atoms with Gasteiger partial charge in [0.25, 0.3) is 5.91 Å². The molecule has 1 N–H and O–H groups in total. The lowest BCUT2D eigenvalue weighted by Crippen LogP contribution is -2.10. The van der Waals surface area contributed by atoms with E-state index in [9.17, 15) is 4.79 Å². The van der Waals surface area contributed by atoms with Crippen molar-refractivity contribution in [1.82, 2.24) is 0 Å². The molecule has 20 heavy (non-hydrogen) atoms. The molecule has 0 saturated heterocycles. The van der Waals surface area contributed by atoms with Crippen molar-refractivity contribution in [3.8, 4) is 0 Å². The van der Waals surface area contributed by atoms with Gasteiger partial charge in [0.1, 0.15) is 5.58 Å². The van der Waals surface area contributed by atoms with Crippen LogP contribution in [0, 0.1) is 6.92 Å². The predicted molar refractivity (Wildman–Crippen MR) is 80.4 cm³/mol. The highest BCUT2D eigenvalue weighted by Gasteiger charge is 2.12. The highest BCUT2D eigenvalue weighted by molar-refractivity contribution is 6.30. The molecule has 0 aliphatic rings. The van der Waals surface area contributed by atoms with Crippen LogP contribution >= 0.6 is 11.6 Å². The average Bonchev–Trinajstić information content (AvgIpc) is 2.84. The van der Waals surface area contributed by atoms with Crippen LogP contribution in [0.5, 0.6) is 0 Å². The van der Waals surface area contributed by atoms with Crippen LogP contribution in [0.1, 0.15) is 16.1 Å². The standard InChI is InChI=1S/C16H12ClNO2/c1-10-2-3-11-9-15(20-14(11)8-10)16(19)18-13-6-4-12(17)5-7-13/h2-9H,1H3,(H,18,19). The summed E-state index contributed by atoms with van der Waals surface area (Å²) < 4.78 is 5.57. The average molecular weight is 286 g/mol. The number of amides is 1. The minimum atomic E-state index is -0.277. The van der Waals surface area contributed by atoms with E-state index in [1.165, 1.54) is 0 Å². The normalized spacial score (nSPS) is 10.7. The number of carbonyl (C=O) groups excluding carboxylic acids is 1. The van der Waals surface area contributed by atoms with Gasteiger partial charge in [-0.2, -0.15) is 0 Å². The van der Waals surface area contributed by atoms with Crippen LogP contribution in [0.25, 0.3) is 11.0 Å². The summed E-state index contributed by atoms with van der Waals surface area (Å²) in [5.41, 5.74) is 2.49. The van der Waals surface area contributed by atoms with Crippen LogP contribution in [-0.2, 0) is 0 Å². The first-order valence-corrected chi connectivity index (χ1v) is 6.57. The fourth-order valence-electron chi connectivity index (χ4n) is 1.98. The SMILES string of the molecule is Cc1ccc2cc(C(=O)Nc3ccc(Cl)cc3)oc2c1. The Kier molecular flexibility index (Phi) is 3.20. The third-order valence-electron chi connectivity index (χ3n) is 3.00. The summed E-state index contributed by atoms with van der Waals surface area (Å²) in [6, 6.07) is 14.5. The molecule has 0 saturated carbocycles. The third kappa shape index (κ3) is 2.53. The van der Waals surface area contributed by atoms with E-state index >= 15 is 0 Å². The van der Waals surface area contributed by atoms with Crippen molar-refractivity contribution in [3.05, 3.63) is 64.9 Å². The number of benzene rings is 2. The Labute approximate surface area is 121 Å². The molecule has 0 unspecified atom stereocenters. The van der Waals surface area contributed by atoms with Gasteiger partial charge in [0.2, 0.25) is 0 Å². The number of carbonyl (C=O) groups is 1. The lowest BCUT2D eigenvalue weighted by Gasteiger charge is -2.02. The predicted octanol–water partition coefficient (Wildman–Crippen LogP) is 4.65. The molecule has 3 aromatic rings. The van der Waals surface area contributed by atoms with Crippen molar-refractivity contribution in [3.63, 3.8) is 0 Å². The van der Waals surface area contributed by atoms with Gasteiger partial charge in [-0.1, -0.05) is 23.7 Å². The van der Waals surface area contributed by atoms with Gasteiger partial charge in [-0.3, -0.25) is 4.79 Å². The van der Waals surface area contributed by atoms with Gasteiger partial charge in [-0.25, -0.2) is 0 Å². The van der Waals surface area contributed by atoms with Crippen LogP contribution in [0.4, 0.5) is 5.69 Å². The minimum absolute atomic E-state index is 0.277. The van der Waals surface area contributed by atoms with Gasteiger partial charge in [0.05, 0.1) is 0 Å². The summed E-state index contributed by atoms with van der Waals surface area (Å²) >= 11 is 5.80. The van der Waals surface area contributed by atoms with E-state index in [0.717, 1.165) is 10.9 Å². The van der Waals surface area contributed by atoms with Gasteiger partial charge in [0, 0.05) is 16.1 Å². The highest BCUT2D eigenvalue weighted by Crippen LogP contribution is 2.22. The zero-order valence-corrected chi connectivity index (χ0v) is 11.6. The lowest BCUT2D eigenvalue weighted by molar-refractivity contribution is 0.0998. The molecule has 0 bridgehead atoms. The Balaban J connectivity index is 1.86. The second-order valence-electron chi connectivity index (χ2n) is 4.61. The molecule has 4 heteroatoms. The molecule has 3 rings (SSSR count). The molecular formula is C16H12ClNO2. The zero-order chi connectivity index (χ0) is 14.1. The topological polar surface area (TPSA) is 42.2 Å². The van der Waals surface area contributed by atoms with Gasteiger partial charge in [0.15, 0.2) is 5.76 Å². The Hall–Kier alpha value is -2.26. The maximum Gasteiger partial charge on any atom is 0.291 e. The molecule has 0 spiro atoms. The maximum absolute atomic E-state index is 12.1. The first-order chi connectivity index (χ1) is 9.61. The van der Waals surface area contributed by atoms with Gasteiger partial charge < -0.3 is 9.73 Å². The largest absolute Gasteiger partial charge is 0.451 e. The molecule has 1 aromatic heterocycles. The summed E-state index contributed by atoms with van der Waals surface area (Å²) in [4.78, 5) is 12.1. The van der Waals surface area contributed by atoms with Crippen molar-refractivity contribution in [2.45, 2.75) is 6.92 Å². The number of aryl methyl sites for hydroxylation is 1. The minimum Gasteiger partial charge on any atom is -0.451 e. The molecule has 0 aliphatic heterocycles. The molecule has 0 radical (unpaired) electrons. The number of furan rings is 1. The molecule has 100 valence electrons. The van der Waals surface area contributed by atoms with Crippen LogP contribution < -0.4 is 5.32 Å². The van der Waals surface area contributed by atoms with Crippen molar-refractivity contribution < 1.29 is 9.21 Å². The van der Waals surface area contributed by atoms with Gasteiger partial charge in [-0.15, -0.1) is 0 Å². The summed E-state index contributed by atoms with van der Waals surface area (Å²) in [5, 5.41) is 4.31.